The largest absolute Gasteiger partial charge is 0.394 e. The van der Waals surface area contributed by atoms with Crippen LogP contribution in [0.25, 0.3) is 0 Å². The quantitative estimate of drug-likeness (QED) is 0.403. The number of carbonyl (C=O) groups is 1. The van der Waals surface area contributed by atoms with Crippen LogP contribution in [0.1, 0.15) is 0 Å². The molecule has 8 heavy (non-hydrogen) atoms. The molecule has 0 rings (SSSR count). The average Bonchev–Trinajstić information content (AvgIpc) is 1.69. The molecule has 0 fully saturated rings. The normalized spacial score (nSPS) is 13.2. The van der Waals surface area contributed by atoms with Crippen molar-refractivity contribution in [1.82, 2.24) is 5.32 Å². The molecule has 4 heteroatoms. The highest BCUT2D eigenvalue weighted by Crippen LogP contribution is 1.74. The van der Waals surface area contributed by atoms with Gasteiger partial charge in [0.25, 0.3) is 0 Å². The molecule has 0 aliphatic rings. The number of carbonyl (C=O) groups excluding carboxylic acids is 1. The molecule has 0 aromatic rings. The summed E-state index contributed by atoms with van der Waals surface area (Å²) in [7, 11) is 1.56. The maximum atomic E-state index is 10.2. The van der Waals surface area contributed by atoms with Gasteiger partial charge in [-0.3, -0.25) is 4.79 Å². The monoisotopic (exact) mass is 118 g/mol. The molecule has 1 unspecified atom stereocenters. The molecule has 0 saturated carbocycles. The summed E-state index contributed by atoms with van der Waals surface area (Å²) in [6.07, 6.45) is 0. The maximum absolute atomic E-state index is 10.2. The first-order chi connectivity index (χ1) is 3.72. The smallest absolute Gasteiger partial charge is 0.236 e. The van der Waals surface area contributed by atoms with Gasteiger partial charge in [-0.15, -0.1) is 0 Å². The second kappa shape index (κ2) is 3.40. The van der Waals surface area contributed by atoms with E-state index < -0.39 is 11.9 Å². The Labute approximate surface area is 47.7 Å². The van der Waals surface area contributed by atoms with E-state index in [9.17, 15) is 4.79 Å². The Morgan fingerprint density at radius 2 is 2.50 bits per heavy atom. The Morgan fingerprint density at radius 3 is 2.50 bits per heavy atom. The highest BCUT2D eigenvalue weighted by atomic mass is 16.3. The zero-order chi connectivity index (χ0) is 6.57. The first-order valence-corrected chi connectivity index (χ1v) is 2.29. The van der Waals surface area contributed by atoms with E-state index >= 15 is 0 Å². The van der Waals surface area contributed by atoms with Gasteiger partial charge in [-0.2, -0.15) is 0 Å². The number of likely N-dealkylation sites (N-methyl/N-ethyl adjacent to an activating group) is 1. The molecule has 1 atom stereocenters. The molecule has 0 aliphatic carbocycles. The van der Waals surface area contributed by atoms with Gasteiger partial charge in [0.05, 0.1) is 6.61 Å². The molecule has 0 saturated heterocycles. The predicted octanol–water partition coefficient (Wildman–Crippen LogP) is -1.95. The van der Waals surface area contributed by atoms with Crippen LogP contribution >= 0.6 is 0 Å². The van der Waals surface area contributed by atoms with Crippen LogP contribution in [0.15, 0.2) is 0 Å². The lowest BCUT2D eigenvalue weighted by Crippen LogP contribution is -2.41. The lowest BCUT2D eigenvalue weighted by atomic mass is 10.3. The number of rotatable bonds is 3. The van der Waals surface area contributed by atoms with E-state index in [2.05, 4.69) is 5.32 Å². The predicted molar refractivity (Wildman–Crippen MR) is 29.1 cm³/mol. The molecule has 0 aromatic carbocycles. The van der Waals surface area contributed by atoms with Crippen molar-refractivity contribution in [3.05, 3.63) is 0 Å². The number of hydrogen-bond donors (Lipinski definition) is 3. The van der Waals surface area contributed by atoms with Gasteiger partial charge in [-0.1, -0.05) is 0 Å². The van der Waals surface area contributed by atoms with E-state index in [0.717, 1.165) is 0 Å². The summed E-state index contributed by atoms with van der Waals surface area (Å²) in [5.74, 6) is -0.532. The minimum absolute atomic E-state index is 0.244. The van der Waals surface area contributed by atoms with Gasteiger partial charge in [-0.05, 0) is 7.05 Å². The van der Waals surface area contributed by atoms with Crippen molar-refractivity contribution in [3.63, 3.8) is 0 Å². The molecule has 0 spiro atoms. The molecule has 0 aliphatic heterocycles. The number of hydrogen-bond acceptors (Lipinski definition) is 3. The standard InChI is InChI=1S/C4H10N2O2/c1-6-3(2-7)4(5)8/h3,6-7H,2H2,1H3,(H2,5,8). The van der Waals surface area contributed by atoms with Crippen molar-refractivity contribution in [2.45, 2.75) is 6.04 Å². The SMILES string of the molecule is CNC(CO)C(N)=O. The minimum Gasteiger partial charge on any atom is -0.394 e. The van der Waals surface area contributed by atoms with Crippen molar-refractivity contribution in [1.29, 1.82) is 0 Å². The van der Waals surface area contributed by atoms with Crippen LogP contribution in [-0.2, 0) is 4.79 Å². The third kappa shape index (κ3) is 1.90. The van der Waals surface area contributed by atoms with Gasteiger partial charge in [0.1, 0.15) is 6.04 Å². The Bertz CT molecular complexity index is 80.1. The molecule has 0 bridgehead atoms. The first kappa shape index (κ1) is 7.39. The molecular formula is C4H10N2O2. The van der Waals surface area contributed by atoms with E-state index in [1.54, 1.807) is 7.05 Å². The van der Waals surface area contributed by atoms with E-state index in [4.69, 9.17) is 10.8 Å². The summed E-state index contributed by atoms with van der Waals surface area (Å²) >= 11 is 0. The van der Waals surface area contributed by atoms with Gasteiger partial charge in [0.2, 0.25) is 5.91 Å². The van der Waals surface area contributed by atoms with Crippen LogP contribution in [0, 0.1) is 0 Å². The molecule has 4 nitrogen and oxygen atoms in total. The van der Waals surface area contributed by atoms with Gasteiger partial charge < -0.3 is 16.2 Å². The van der Waals surface area contributed by atoms with Crippen molar-refractivity contribution in [2.75, 3.05) is 13.7 Å². The van der Waals surface area contributed by atoms with E-state index in [1.165, 1.54) is 0 Å². The molecule has 1 amide bonds. The van der Waals surface area contributed by atoms with Crippen LogP contribution < -0.4 is 11.1 Å². The molecular weight excluding hydrogens is 108 g/mol. The zero-order valence-corrected chi connectivity index (χ0v) is 4.72. The number of primary amides is 1. The fourth-order valence-corrected chi connectivity index (χ4v) is 0.324. The zero-order valence-electron chi connectivity index (χ0n) is 4.72. The summed E-state index contributed by atoms with van der Waals surface area (Å²) in [4.78, 5) is 10.2. The summed E-state index contributed by atoms with van der Waals surface area (Å²) < 4.78 is 0. The number of nitrogens with two attached hydrogens (primary N) is 1. The highest BCUT2D eigenvalue weighted by Gasteiger charge is 2.08. The Morgan fingerprint density at radius 1 is 2.00 bits per heavy atom. The second-order valence-corrected chi connectivity index (χ2v) is 1.43. The Kier molecular flexibility index (Phi) is 3.14. The van der Waals surface area contributed by atoms with Crippen LogP contribution in [-0.4, -0.2) is 30.7 Å². The first-order valence-electron chi connectivity index (χ1n) is 2.29. The highest BCUT2D eigenvalue weighted by molar-refractivity contribution is 5.79. The second-order valence-electron chi connectivity index (χ2n) is 1.43. The summed E-state index contributed by atoms with van der Waals surface area (Å²) in [6.45, 7) is -0.244. The van der Waals surface area contributed by atoms with Crippen molar-refractivity contribution in [2.24, 2.45) is 5.73 Å². The Hall–Kier alpha value is -0.610. The van der Waals surface area contributed by atoms with E-state index in [1.807, 2.05) is 0 Å². The Balaban J connectivity index is 3.52. The number of aliphatic hydroxyl groups excluding tert-OH is 1. The third-order valence-electron chi connectivity index (χ3n) is 0.874. The van der Waals surface area contributed by atoms with Gasteiger partial charge >= 0.3 is 0 Å². The average molecular weight is 118 g/mol. The lowest BCUT2D eigenvalue weighted by Gasteiger charge is -2.05. The maximum Gasteiger partial charge on any atom is 0.236 e. The van der Waals surface area contributed by atoms with Crippen molar-refractivity contribution < 1.29 is 9.90 Å². The fourth-order valence-electron chi connectivity index (χ4n) is 0.324. The number of amides is 1. The van der Waals surface area contributed by atoms with Crippen LogP contribution in [0.3, 0.4) is 0 Å². The molecule has 48 valence electrons. The fraction of sp³-hybridized carbons (Fsp3) is 0.750. The van der Waals surface area contributed by atoms with Crippen LogP contribution in [0.4, 0.5) is 0 Å². The van der Waals surface area contributed by atoms with Crippen molar-refractivity contribution in [3.8, 4) is 0 Å². The van der Waals surface area contributed by atoms with Gasteiger partial charge in [-0.25, -0.2) is 0 Å². The third-order valence-corrected chi connectivity index (χ3v) is 0.874. The molecule has 4 N–H and O–H groups in total. The van der Waals surface area contributed by atoms with E-state index in [0.29, 0.717) is 0 Å². The van der Waals surface area contributed by atoms with Crippen molar-refractivity contribution >= 4 is 5.91 Å². The lowest BCUT2D eigenvalue weighted by molar-refractivity contribution is -0.120. The van der Waals surface area contributed by atoms with Crippen LogP contribution in [0.5, 0.6) is 0 Å². The minimum atomic E-state index is -0.602. The van der Waals surface area contributed by atoms with Gasteiger partial charge in [0, 0.05) is 0 Å². The van der Waals surface area contributed by atoms with E-state index in [-0.39, 0.29) is 6.61 Å². The topological polar surface area (TPSA) is 75.3 Å². The number of nitrogens with one attached hydrogen (secondary N) is 1. The summed E-state index contributed by atoms with van der Waals surface area (Å²) in [6, 6.07) is -0.602. The van der Waals surface area contributed by atoms with Crippen LogP contribution in [0.2, 0.25) is 0 Å². The molecule has 0 aromatic heterocycles. The molecule has 0 radical (unpaired) electrons. The number of aliphatic hydroxyl groups is 1. The van der Waals surface area contributed by atoms with Gasteiger partial charge in [0.15, 0.2) is 0 Å². The summed E-state index contributed by atoms with van der Waals surface area (Å²) in [5.41, 5.74) is 4.80. The molecule has 0 heterocycles. The summed E-state index contributed by atoms with van der Waals surface area (Å²) in [5, 5.41) is 10.9.